The van der Waals surface area contributed by atoms with E-state index in [-0.39, 0.29) is 5.84 Å². The van der Waals surface area contributed by atoms with Crippen LogP contribution in [0.2, 0.25) is 0 Å². The molecule has 8 nitrogen and oxygen atoms in total. The summed E-state index contributed by atoms with van der Waals surface area (Å²) in [5.41, 5.74) is -1.52. The fraction of sp³-hybridized carbons (Fsp3) is 0.188. The van der Waals surface area contributed by atoms with Crippen LogP contribution in [0, 0.1) is 21.4 Å². The van der Waals surface area contributed by atoms with E-state index in [0.717, 1.165) is 10.6 Å². The molecule has 1 aromatic heterocycles. The van der Waals surface area contributed by atoms with Gasteiger partial charge in [-0.1, -0.05) is 0 Å². The molecule has 24 heavy (non-hydrogen) atoms. The predicted octanol–water partition coefficient (Wildman–Crippen LogP) is 2.05. The molecule has 1 aliphatic heterocycles. The Morgan fingerprint density at radius 3 is 2.79 bits per heavy atom. The summed E-state index contributed by atoms with van der Waals surface area (Å²) in [5, 5.41) is 20.1. The second-order valence-electron chi connectivity index (χ2n) is 5.63. The number of pyridine rings is 1. The lowest BCUT2D eigenvalue weighted by Crippen LogP contribution is -2.38. The van der Waals surface area contributed by atoms with Crippen LogP contribution in [0.25, 0.3) is 0 Å². The molecule has 8 heteroatoms. The number of nitriles is 1. The first-order chi connectivity index (χ1) is 11.3. The van der Waals surface area contributed by atoms with Crippen molar-refractivity contribution in [3.63, 3.8) is 0 Å². The van der Waals surface area contributed by atoms with Crippen LogP contribution in [0.3, 0.4) is 0 Å². The van der Waals surface area contributed by atoms with Gasteiger partial charge >= 0.3 is 11.2 Å². The quantitative estimate of drug-likeness (QED) is 0.589. The Hall–Kier alpha value is -3.47. The zero-order valence-corrected chi connectivity index (χ0v) is 12.9. The van der Waals surface area contributed by atoms with E-state index in [1.54, 1.807) is 26.0 Å². The van der Waals surface area contributed by atoms with Gasteiger partial charge in [0.05, 0.1) is 22.1 Å². The van der Waals surface area contributed by atoms with Gasteiger partial charge in [0.1, 0.15) is 11.6 Å². The SMILES string of the molecule is CC1(C)N=C(n2cccc([N+](=O)[O-])c2=O)c2cc(C#N)ccc2O1. The lowest BCUT2D eigenvalue weighted by atomic mass is 10.1. The van der Waals surface area contributed by atoms with Gasteiger partial charge in [-0.3, -0.25) is 19.5 Å². The maximum absolute atomic E-state index is 12.4. The second kappa shape index (κ2) is 5.31. The standard InChI is InChI=1S/C16H12N4O4/c1-16(2)18-14(11-8-10(9-17)5-6-13(11)24-16)19-7-3-4-12(15(19)21)20(22)23/h3-8H,1-2H3. The zero-order valence-electron chi connectivity index (χ0n) is 12.9. The highest BCUT2D eigenvalue weighted by Crippen LogP contribution is 2.31. The van der Waals surface area contributed by atoms with Crippen LogP contribution in [0.1, 0.15) is 25.0 Å². The maximum Gasteiger partial charge on any atom is 0.334 e. The van der Waals surface area contributed by atoms with E-state index in [9.17, 15) is 14.9 Å². The maximum atomic E-state index is 12.4. The normalized spacial score (nSPS) is 14.8. The smallest absolute Gasteiger partial charge is 0.334 e. The van der Waals surface area contributed by atoms with Crippen molar-refractivity contribution in [3.05, 3.63) is 68.1 Å². The molecular weight excluding hydrogens is 312 g/mol. The van der Waals surface area contributed by atoms with Crippen molar-refractivity contribution in [2.24, 2.45) is 4.99 Å². The molecule has 0 amide bonds. The summed E-state index contributed by atoms with van der Waals surface area (Å²) in [6.07, 6.45) is 1.40. The van der Waals surface area contributed by atoms with Crippen LogP contribution in [0.5, 0.6) is 5.75 Å². The van der Waals surface area contributed by atoms with E-state index in [0.29, 0.717) is 16.9 Å². The summed E-state index contributed by atoms with van der Waals surface area (Å²) in [7, 11) is 0. The number of hydrogen-bond donors (Lipinski definition) is 0. The van der Waals surface area contributed by atoms with Gasteiger partial charge in [-0.25, -0.2) is 4.99 Å². The summed E-state index contributed by atoms with van der Waals surface area (Å²) in [6.45, 7) is 3.41. The topological polar surface area (TPSA) is 111 Å². The lowest BCUT2D eigenvalue weighted by Gasteiger charge is -2.30. The first kappa shape index (κ1) is 15.4. The number of benzene rings is 1. The Kier molecular flexibility index (Phi) is 3.41. The molecule has 0 N–H and O–H groups in total. The fourth-order valence-corrected chi connectivity index (χ4v) is 2.44. The molecule has 120 valence electrons. The molecule has 1 aliphatic rings. The first-order valence-electron chi connectivity index (χ1n) is 7.02. The van der Waals surface area contributed by atoms with Crippen LogP contribution in [-0.2, 0) is 0 Å². The van der Waals surface area contributed by atoms with Gasteiger partial charge in [-0.15, -0.1) is 0 Å². The molecule has 2 aromatic rings. The Bertz CT molecular complexity index is 982. The molecule has 0 spiro atoms. The highest BCUT2D eigenvalue weighted by molar-refractivity contribution is 6.04. The van der Waals surface area contributed by atoms with Crippen molar-refractivity contribution in [3.8, 4) is 11.8 Å². The molecule has 1 aromatic carbocycles. The summed E-state index contributed by atoms with van der Waals surface area (Å²) < 4.78 is 6.84. The van der Waals surface area contributed by atoms with Gasteiger partial charge in [0, 0.05) is 12.3 Å². The minimum absolute atomic E-state index is 0.201. The van der Waals surface area contributed by atoms with E-state index >= 15 is 0 Å². The van der Waals surface area contributed by atoms with E-state index < -0.39 is 21.9 Å². The minimum atomic E-state index is -0.958. The summed E-state index contributed by atoms with van der Waals surface area (Å²) in [5.74, 6) is 0.648. The Morgan fingerprint density at radius 1 is 1.38 bits per heavy atom. The lowest BCUT2D eigenvalue weighted by molar-refractivity contribution is -0.386. The van der Waals surface area contributed by atoms with E-state index in [2.05, 4.69) is 4.99 Å². The Morgan fingerprint density at radius 2 is 2.12 bits per heavy atom. The molecule has 2 heterocycles. The van der Waals surface area contributed by atoms with Crippen molar-refractivity contribution in [1.29, 1.82) is 5.26 Å². The fourth-order valence-electron chi connectivity index (χ4n) is 2.44. The number of hydrogen-bond acceptors (Lipinski definition) is 6. The summed E-state index contributed by atoms with van der Waals surface area (Å²) in [6, 6.07) is 9.29. The first-order valence-corrected chi connectivity index (χ1v) is 7.02. The number of rotatable bonds is 1. The summed E-state index contributed by atoms with van der Waals surface area (Å²) in [4.78, 5) is 27.1. The van der Waals surface area contributed by atoms with Crippen molar-refractivity contribution >= 4 is 11.5 Å². The number of aliphatic imine (C=N–C) groups is 1. The van der Waals surface area contributed by atoms with Gasteiger partial charge in [0.25, 0.3) is 0 Å². The predicted molar refractivity (Wildman–Crippen MR) is 85.2 cm³/mol. The molecule has 0 atom stereocenters. The van der Waals surface area contributed by atoms with Crippen LogP contribution in [0.4, 0.5) is 5.69 Å². The average molecular weight is 324 g/mol. The largest absolute Gasteiger partial charge is 0.466 e. The van der Waals surface area contributed by atoms with Crippen molar-refractivity contribution in [2.45, 2.75) is 19.6 Å². The van der Waals surface area contributed by atoms with Crippen molar-refractivity contribution in [2.75, 3.05) is 0 Å². The van der Waals surface area contributed by atoms with Gasteiger partial charge < -0.3 is 4.74 Å². The van der Waals surface area contributed by atoms with E-state index in [4.69, 9.17) is 10.00 Å². The number of aromatic nitrogens is 1. The average Bonchev–Trinajstić information content (AvgIpc) is 2.53. The van der Waals surface area contributed by atoms with Gasteiger partial charge in [0.15, 0.2) is 5.72 Å². The third kappa shape index (κ3) is 2.52. The third-order valence-electron chi connectivity index (χ3n) is 3.44. The number of ether oxygens (including phenoxy) is 1. The Balaban J connectivity index is 2.30. The number of nitro groups is 1. The van der Waals surface area contributed by atoms with Gasteiger partial charge in [-0.2, -0.15) is 5.26 Å². The zero-order chi connectivity index (χ0) is 17.5. The minimum Gasteiger partial charge on any atom is -0.466 e. The number of nitrogens with zero attached hydrogens (tertiary/aromatic N) is 4. The summed E-state index contributed by atoms with van der Waals surface area (Å²) >= 11 is 0. The molecule has 0 unspecified atom stereocenters. The van der Waals surface area contributed by atoms with Gasteiger partial charge in [0.2, 0.25) is 0 Å². The highest BCUT2D eigenvalue weighted by Gasteiger charge is 2.30. The van der Waals surface area contributed by atoms with E-state index in [1.165, 1.54) is 18.3 Å². The molecule has 0 bridgehead atoms. The Labute approximate surface area is 136 Å². The van der Waals surface area contributed by atoms with Crippen molar-refractivity contribution in [1.82, 2.24) is 4.57 Å². The molecule has 0 aliphatic carbocycles. The second-order valence-corrected chi connectivity index (χ2v) is 5.63. The van der Waals surface area contributed by atoms with Crippen LogP contribution >= 0.6 is 0 Å². The molecule has 0 saturated heterocycles. The molecule has 0 saturated carbocycles. The number of fused-ring (bicyclic) bond motifs is 1. The molecule has 3 rings (SSSR count). The molecule has 0 fully saturated rings. The highest BCUT2D eigenvalue weighted by atomic mass is 16.6. The molecular formula is C16H12N4O4. The van der Waals surface area contributed by atoms with Gasteiger partial charge in [-0.05, 0) is 38.1 Å². The monoisotopic (exact) mass is 324 g/mol. The third-order valence-corrected chi connectivity index (χ3v) is 3.44. The van der Waals surface area contributed by atoms with Crippen LogP contribution < -0.4 is 10.3 Å². The molecule has 0 radical (unpaired) electrons. The van der Waals surface area contributed by atoms with E-state index in [1.807, 2.05) is 6.07 Å². The van der Waals surface area contributed by atoms with Crippen LogP contribution in [-0.4, -0.2) is 21.1 Å². The van der Waals surface area contributed by atoms with Crippen molar-refractivity contribution < 1.29 is 9.66 Å². The van der Waals surface area contributed by atoms with Crippen LogP contribution in [0.15, 0.2) is 46.3 Å².